The molecule has 2 aromatic rings. The molecule has 7 nitrogen and oxygen atoms in total. The highest BCUT2D eigenvalue weighted by molar-refractivity contribution is 6.28. The number of piperidine rings is 1. The van der Waals surface area contributed by atoms with Gasteiger partial charge in [-0.25, -0.2) is 4.68 Å². The molecular formula is C13H17ClN6O. The Morgan fingerprint density at radius 2 is 2.19 bits per heavy atom. The van der Waals surface area contributed by atoms with Crippen LogP contribution in [0.1, 0.15) is 12.8 Å². The van der Waals surface area contributed by atoms with Crippen LogP contribution >= 0.6 is 11.6 Å². The molecule has 0 spiro atoms. The van der Waals surface area contributed by atoms with Gasteiger partial charge < -0.3 is 9.64 Å². The van der Waals surface area contributed by atoms with Gasteiger partial charge in [-0.2, -0.15) is 20.1 Å². The molecule has 1 saturated heterocycles. The predicted molar refractivity (Wildman–Crippen MR) is 78.8 cm³/mol. The number of hydrogen-bond acceptors (Lipinski definition) is 6. The molecule has 0 radical (unpaired) electrons. The summed E-state index contributed by atoms with van der Waals surface area (Å²) >= 11 is 6.03. The lowest BCUT2D eigenvalue weighted by Gasteiger charge is -2.32. The van der Waals surface area contributed by atoms with Crippen molar-refractivity contribution in [1.29, 1.82) is 0 Å². The van der Waals surface area contributed by atoms with Crippen LogP contribution in [0, 0.1) is 5.92 Å². The van der Waals surface area contributed by atoms with Gasteiger partial charge in [0.25, 0.3) is 5.95 Å². The van der Waals surface area contributed by atoms with Gasteiger partial charge in [0.15, 0.2) is 0 Å². The number of rotatable bonds is 4. The number of nitrogens with zero attached hydrogens (tertiary/aromatic N) is 6. The van der Waals surface area contributed by atoms with Crippen LogP contribution in [-0.2, 0) is 4.74 Å². The highest BCUT2D eigenvalue weighted by atomic mass is 35.5. The number of anilines is 1. The Kier molecular flexibility index (Phi) is 4.31. The maximum atomic E-state index is 6.03. The van der Waals surface area contributed by atoms with Gasteiger partial charge in [-0.15, -0.1) is 0 Å². The molecule has 1 aliphatic heterocycles. The molecule has 1 atom stereocenters. The third kappa shape index (κ3) is 3.30. The van der Waals surface area contributed by atoms with E-state index in [-0.39, 0.29) is 5.28 Å². The molecule has 0 N–H and O–H groups in total. The van der Waals surface area contributed by atoms with Crippen LogP contribution in [0.5, 0.6) is 0 Å². The normalized spacial score (nSPS) is 19.0. The van der Waals surface area contributed by atoms with Crippen LogP contribution in [0.2, 0.25) is 5.28 Å². The largest absolute Gasteiger partial charge is 0.384 e. The quantitative estimate of drug-likeness (QED) is 0.854. The zero-order chi connectivity index (χ0) is 14.7. The van der Waals surface area contributed by atoms with Crippen LogP contribution < -0.4 is 4.90 Å². The van der Waals surface area contributed by atoms with Crippen LogP contribution in [-0.4, -0.2) is 51.5 Å². The topological polar surface area (TPSA) is 69.0 Å². The first kappa shape index (κ1) is 14.2. The molecule has 1 aliphatic rings. The van der Waals surface area contributed by atoms with Gasteiger partial charge in [0.1, 0.15) is 0 Å². The number of hydrogen-bond donors (Lipinski definition) is 0. The van der Waals surface area contributed by atoms with E-state index in [1.54, 1.807) is 24.2 Å². The summed E-state index contributed by atoms with van der Waals surface area (Å²) in [6.45, 7) is 2.53. The summed E-state index contributed by atoms with van der Waals surface area (Å²) in [5, 5.41) is 4.30. The van der Waals surface area contributed by atoms with Gasteiger partial charge in [-0.05, 0) is 36.4 Å². The Balaban J connectivity index is 1.84. The van der Waals surface area contributed by atoms with Gasteiger partial charge >= 0.3 is 0 Å². The first-order chi connectivity index (χ1) is 10.3. The monoisotopic (exact) mass is 308 g/mol. The van der Waals surface area contributed by atoms with Gasteiger partial charge in [0.2, 0.25) is 11.2 Å². The first-order valence-electron chi connectivity index (χ1n) is 6.92. The lowest BCUT2D eigenvalue weighted by atomic mass is 9.99. The summed E-state index contributed by atoms with van der Waals surface area (Å²) in [6, 6.07) is 1.81. The molecule has 21 heavy (non-hydrogen) atoms. The average Bonchev–Trinajstić information content (AvgIpc) is 3.01. The molecule has 112 valence electrons. The van der Waals surface area contributed by atoms with E-state index in [1.165, 1.54) is 0 Å². The van der Waals surface area contributed by atoms with Crippen molar-refractivity contribution in [3.63, 3.8) is 0 Å². The number of aromatic nitrogens is 5. The Morgan fingerprint density at radius 1 is 1.33 bits per heavy atom. The number of methoxy groups -OCH3 is 1. The van der Waals surface area contributed by atoms with Crippen molar-refractivity contribution in [1.82, 2.24) is 24.7 Å². The highest BCUT2D eigenvalue weighted by Crippen LogP contribution is 2.21. The average molecular weight is 309 g/mol. The van der Waals surface area contributed by atoms with E-state index in [2.05, 4.69) is 25.0 Å². The molecule has 0 amide bonds. The molecule has 1 fully saturated rings. The molecular weight excluding hydrogens is 292 g/mol. The minimum atomic E-state index is 0.180. The van der Waals surface area contributed by atoms with Crippen molar-refractivity contribution in [3.8, 4) is 5.95 Å². The van der Waals surface area contributed by atoms with E-state index < -0.39 is 0 Å². The molecule has 0 aromatic carbocycles. The van der Waals surface area contributed by atoms with Crippen molar-refractivity contribution in [2.75, 3.05) is 31.7 Å². The van der Waals surface area contributed by atoms with E-state index in [0.717, 1.165) is 32.5 Å². The number of ether oxygens (including phenoxy) is 1. The van der Waals surface area contributed by atoms with Crippen LogP contribution in [0.3, 0.4) is 0 Å². The summed E-state index contributed by atoms with van der Waals surface area (Å²) in [6.07, 6.45) is 5.70. The summed E-state index contributed by atoms with van der Waals surface area (Å²) in [5.41, 5.74) is 0. The lowest BCUT2D eigenvalue weighted by Crippen LogP contribution is -2.38. The maximum absolute atomic E-state index is 6.03. The van der Waals surface area contributed by atoms with E-state index in [4.69, 9.17) is 16.3 Å². The van der Waals surface area contributed by atoms with E-state index >= 15 is 0 Å². The van der Waals surface area contributed by atoms with E-state index in [9.17, 15) is 0 Å². The molecule has 1 unspecified atom stereocenters. The Morgan fingerprint density at radius 3 is 2.95 bits per heavy atom. The molecule has 3 heterocycles. The molecule has 0 saturated carbocycles. The third-order valence-corrected chi connectivity index (χ3v) is 3.67. The maximum Gasteiger partial charge on any atom is 0.256 e. The predicted octanol–water partition coefficient (Wildman–Crippen LogP) is 1.57. The molecule has 3 rings (SSSR count). The second-order valence-corrected chi connectivity index (χ2v) is 5.40. The van der Waals surface area contributed by atoms with Crippen LogP contribution in [0.25, 0.3) is 5.95 Å². The third-order valence-electron chi connectivity index (χ3n) is 3.50. The minimum Gasteiger partial charge on any atom is -0.384 e. The van der Waals surface area contributed by atoms with Crippen LogP contribution in [0.4, 0.5) is 5.95 Å². The summed E-state index contributed by atoms with van der Waals surface area (Å²) < 4.78 is 6.83. The summed E-state index contributed by atoms with van der Waals surface area (Å²) in [4.78, 5) is 15.0. The molecule has 0 bridgehead atoms. The van der Waals surface area contributed by atoms with Gasteiger partial charge in [0.05, 0.1) is 6.61 Å². The second kappa shape index (κ2) is 6.36. The smallest absolute Gasteiger partial charge is 0.256 e. The standard InChI is InChI=1S/C13H17ClN6O/c1-21-9-10-4-2-6-19(8-10)12-16-11(14)17-13(18-12)20-7-3-5-15-20/h3,5,7,10H,2,4,6,8-9H2,1H3. The van der Waals surface area contributed by atoms with Crippen LogP contribution in [0.15, 0.2) is 18.5 Å². The lowest BCUT2D eigenvalue weighted by molar-refractivity contribution is 0.143. The highest BCUT2D eigenvalue weighted by Gasteiger charge is 2.23. The Hall–Kier alpha value is -1.73. The van der Waals surface area contributed by atoms with Crippen molar-refractivity contribution in [2.45, 2.75) is 12.8 Å². The Bertz CT molecular complexity index is 588. The van der Waals surface area contributed by atoms with Gasteiger partial charge in [-0.3, -0.25) is 0 Å². The molecule has 0 aliphatic carbocycles. The fourth-order valence-corrected chi connectivity index (χ4v) is 2.73. The summed E-state index contributed by atoms with van der Waals surface area (Å²) in [5.74, 6) is 1.53. The second-order valence-electron chi connectivity index (χ2n) is 5.06. The SMILES string of the molecule is COCC1CCCN(c2nc(Cl)nc(-n3cccn3)n2)C1. The first-order valence-corrected chi connectivity index (χ1v) is 7.29. The van der Waals surface area contributed by atoms with E-state index in [1.807, 2.05) is 6.07 Å². The molecule has 2 aromatic heterocycles. The van der Waals surface area contributed by atoms with Crippen molar-refractivity contribution < 1.29 is 4.74 Å². The zero-order valence-electron chi connectivity index (χ0n) is 11.8. The van der Waals surface area contributed by atoms with Gasteiger partial charge in [0, 0.05) is 32.6 Å². The van der Waals surface area contributed by atoms with Gasteiger partial charge in [-0.1, -0.05) is 0 Å². The fraction of sp³-hybridized carbons (Fsp3) is 0.538. The van der Waals surface area contributed by atoms with Crippen molar-refractivity contribution in [3.05, 3.63) is 23.7 Å². The van der Waals surface area contributed by atoms with Crippen molar-refractivity contribution in [2.24, 2.45) is 5.92 Å². The minimum absolute atomic E-state index is 0.180. The molecule has 8 heteroatoms. The summed E-state index contributed by atoms with van der Waals surface area (Å²) in [7, 11) is 1.73. The Labute approximate surface area is 127 Å². The number of halogens is 1. The van der Waals surface area contributed by atoms with E-state index in [0.29, 0.717) is 17.8 Å². The van der Waals surface area contributed by atoms with Crippen molar-refractivity contribution >= 4 is 17.5 Å². The fourth-order valence-electron chi connectivity index (χ4n) is 2.58. The zero-order valence-corrected chi connectivity index (χ0v) is 12.6.